The molecule has 9 heteroatoms. The summed E-state index contributed by atoms with van der Waals surface area (Å²) < 4.78 is 5.14. The fourth-order valence-electron chi connectivity index (χ4n) is 3.11. The number of H-pyrrole nitrogens is 2. The largest absolute Gasteiger partial charge is 0.497 e. The maximum atomic E-state index is 12.4. The molecule has 9 nitrogen and oxygen atoms in total. The third kappa shape index (κ3) is 4.96. The topological polar surface area (TPSA) is 120 Å². The Morgan fingerprint density at radius 2 is 2.11 bits per heavy atom. The minimum absolute atomic E-state index is 0.0733. The minimum atomic E-state index is -0.410. The van der Waals surface area contributed by atoms with E-state index in [1.165, 1.54) is 0 Å². The number of nitrogens with zero attached hydrogens (tertiary/aromatic N) is 2. The summed E-state index contributed by atoms with van der Waals surface area (Å²) in [5.74, 6) is 0.841. The van der Waals surface area contributed by atoms with Crippen LogP contribution >= 0.6 is 0 Å². The number of hydrogen-bond donors (Lipinski definition) is 3. The summed E-state index contributed by atoms with van der Waals surface area (Å²) in [5, 5.41) is 8.77. The second-order valence-electron chi connectivity index (χ2n) is 6.52. The molecule has 1 aromatic heterocycles. The van der Waals surface area contributed by atoms with Gasteiger partial charge in [-0.15, -0.1) is 0 Å². The normalized spacial score (nSPS) is 17.0. The highest BCUT2D eigenvalue weighted by atomic mass is 16.5. The fraction of sp³-hybridized carbons (Fsp3) is 0.444. The molecule has 1 atom stereocenters. The summed E-state index contributed by atoms with van der Waals surface area (Å²) in [6.45, 7) is 1.12. The van der Waals surface area contributed by atoms with E-state index in [1.54, 1.807) is 12.0 Å². The molecule has 0 spiro atoms. The van der Waals surface area contributed by atoms with Crippen LogP contribution in [0.15, 0.2) is 29.1 Å². The van der Waals surface area contributed by atoms with Gasteiger partial charge >= 0.3 is 5.69 Å². The first-order valence-corrected chi connectivity index (χ1v) is 8.87. The average Bonchev–Trinajstić information content (AvgIpc) is 3.11. The van der Waals surface area contributed by atoms with Crippen LogP contribution in [0.3, 0.4) is 0 Å². The van der Waals surface area contributed by atoms with Crippen molar-refractivity contribution < 1.29 is 14.3 Å². The molecule has 144 valence electrons. The molecule has 1 aliphatic rings. The van der Waals surface area contributed by atoms with Gasteiger partial charge in [0.2, 0.25) is 11.8 Å². The number of amides is 2. The quantitative estimate of drug-likeness (QED) is 0.641. The minimum Gasteiger partial charge on any atom is -0.497 e. The second kappa shape index (κ2) is 8.52. The Morgan fingerprint density at radius 1 is 1.33 bits per heavy atom. The first-order chi connectivity index (χ1) is 13.0. The molecule has 1 saturated heterocycles. The highest BCUT2D eigenvalue weighted by Gasteiger charge is 2.29. The van der Waals surface area contributed by atoms with Gasteiger partial charge in [-0.25, -0.2) is 9.89 Å². The van der Waals surface area contributed by atoms with Crippen molar-refractivity contribution in [3.63, 3.8) is 0 Å². The number of piperidine rings is 1. The van der Waals surface area contributed by atoms with Gasteiger partial charge in [0.1, 0.15) is 11.6 Å². The van der Waals surface area contributed by atoms with Gasteiger partial charge in [-0.2, -0.15) is 5.10 Å². The maximum Gasteiger partial charge on any atom is 0.340 e. The van der Waals surface area contributed by atoms with E-state index in [1.807, 2.05) is 24.3 Å². The number of nitrogens with one attached hydrogen (secondary N) is 3. The molecule has 1 fully saturated rings. The molecule has 0 aliphatic carbocycles. The highest BCUT2D eigenvalue weighted by Crippen LogP contribution is 2.19. The summed E-state index contributed by atoms with van der Waals surface area (Å²) in [5.41, 5.74) is 0.699. The van der Waals surface area contributed by atoms with Gasteiger partial charge in [0, 0.05) is 19.5 Å². The third-order valence-corrected chi connectivity index (χ3v) is 4.68. The molecule has 1 aromatic carbocycles. The molecular formula is C18H23N5O4. The number of carbonyl (C=O) groups excluding carboxylic acids is 2. The third-order valence-electron chi connectivity index (χ3n) is 4.68. The number of aromatic nitrogens is 3. The Bertz CT molecular complexity index is 842. The lowest BCUT2D eigenvalue weighted by Gasteiger charge is -2.32. The Labute approximate surface area is 156 Å². The zero-order valence-corrected chi connectivity index (χ0v) is 15.2. The molecule has 1 aliphatic heterocycles. The van der Waals surface area contributed by atoms with Crippen molar-refractivity contribution in [3.05, 3.63) is 46.1 Å². The molecule has 2 amide bonds. The van der Waals surface area contributed by atoms with Crippen LogP contribution in [-0.4, -0.2) is 52.1 Å². The zero-order valence-electron chi connectivity index (χ0n) is 15.2. The van der Waals surface area contributed by atoms with Gasteiger partial charge in [0.15, 0.2) is 0 Å². The average molecular weight is 373 g/mol. The lowest BCUT2D eigenvalue weighted by atomic mass is 9.96. The lowest BCUT2D eigenvalue weighted by molar-refractivity contribution is -0.138. The second-order valence-corrected chi connectivity index (χ2v) is 6.52. The molecule has 3 N–H and O–H groups in total. The van der Waals surface area contributed by atoms with E-state index >= 15 is 0 Å². The highest BCUT2D eigenvalue weighted by molar-refractivity contribution is 5.83. The van der Waals surface area contributed by atoms with E-state index < -0.39 is 5.69 Å². The van der Waals surface area contributed by atoms with Crippen molar-refractivity contribution in [3.8, 4) is 5.75 Å². The summed E-state index contributed by atoms with van der Waals surface area (Å²) in [7, 11) is 1.62. The number of aromatic amines is 2. The van der Waals surface area contributed by atoms with Crippen LogP contribution in [0, 0.1) is 5.92 Å². The van der Waals surface area contributed by atoms with Crippen molar-refractivity contribution in [2.45, 2.75) is 25.8 Å². The van der Waals surface area contributed by atoms with Crippen LogP contribution in [0.25, 0.3) is 0 Å². The standard InChI is InChI=1S/C18H23N5O4/c1-27-14-5-2-12(3-6-14)8-9-23-11-13(4-7-16(23)24)17(25)19-10-15-20-18(26)22-21-15/h2-3,5-6,13H,4,7-11H2,1H3,(H,19,25)(H2,20,21,22,26)/t13-/m0/s1. The van der Waals surface area contributed by atoms with Gasteiger partial charge in [0.25, 0.3) is 0 Å². The van der Waals surface area contributed by atoms with Crippen molar-refractivity contribution in [1.29, 1.82) is 0 Å². The van der Waals surface area contributed by atoms with Gasteiger partial charge in [-0.3, -0.25) is 14.6 Å². The molecule has 0 bridgehead atoms. The van der Waals surface area contributed by atoms with Crippen molar-refractivity contribution >= 4 is 11.8 Å². The monoisotopic (exact) mass is 373 g/mol. The van der Waals surface area contributed by atoms with Crippen LogP contribution < -0.4 is 15.7 Å². The van der Waals surface area contributed by atoms with Crippen LogP contribution in [0.5, 0.6) is 5.75 Å². The summed E-state index contributed by atoms with van der Waals surface area (Å²) >= 11 is 0. The Balaban J connectivity index is 1.50. The molecule has 2 aromatic rings. The molecule has 0 unspecified atom stereocenters. The Morgan fingerprint density at radius 3 is 2.78 bits per heavy atom. The Kier molecular flexibility index (Phi) is 5.90. The zero-order chi connectivity index (χ0) is 19.2. The van der Waals surface area contributed by atoms with Crippen LogP contribution in [0.2, 0.25) is 0 Å². The Hall–Kier alpha value is -3.10. The fourth-order valence-corrected chi connectivity index (χ4v) is 3.11. The summed E-state index contributed by atoms with van der Waals surface area (Å²) in [6.07, 6.45) is 1.61. The molecule has 0 radical (unpaired) electrons. The lowest BCUT2D eigenvalue weighted by Crippen LogP contribution is -2.46. The molecule has 3 rings (SSSR count). The first-order valence-electron chi connectivity index (χ1n) is 8.87. The summed E-state index contributed by atoms with van der Waals surface area (Å²) in [6, 6.07) is 7.73. The predicted octanol–water partition coefficient (Wildman–Crippen LogP) is 0.204. The van der Waals surface area contributed by atoms with Crippen molar-refractivity contribution in [2.24, 2.45) is 5.92 Å². The number of rotatable bonds is 7. The maximum absolute atomic E-state index is 12.4. The van der Waals surface area contributed by atoms with E-state index in [-0.39, 0.29) is 24.3 Å². The van der Waals surface area contributed by atoms with Crippen LogP contribution in [0.4, 0.5) is 0 Å². The number of ether oxygens (including phenoxy) is 1. The molecule has 2 heterocycles. The number of likely N-dealkylation sites (tertiary alicyclic amines) is 1. The smallest absolute Gasteiger partial charge is 0.340 e. The van der Waals surface area contributed by atoms with Gasteiger partial charge in [-0.1, -0.05) is 12.1 Å². The van der Waals surface area contributed by atoms with Crippen molar-refractivity contribution in [1.82, 2.24) is 25.4 Å². The number of carbonyl (C=O) groups is 2. The van der Waals surface area contributed by atoms with Gasteiger partial charge in [0.05, 0.1) is 19.6 Å². The predicted molar refractivity (Wildman–Crippen MR) is 97.1 cm³/mol. The van der Waals surface area contributed by atoms with E-state index in [9.17, 15) is 14.4 Å². The summed E-state index contributed by atoms with van der Waals surface area (Å²) in [4.78, 5) is 39.8. The molecule has 27 heavy (non-hydrogen) atoms. The van der Waals surface area contributed by atoms with Gasteiger partial charge in [-0.05, 0) is 30.5 Å². The van der Waals surface area contributed by atoms with Gasteiger partial charge < -0.3 is 15.0 Å². The molecule has 0 saturated carbocycles. The molecular weight excluding hydrogens is 350 g/mol. The SMILES string of the molecule is COc1ccc(CCN2C[C@@H](C(=O)NCc3n[nH]c(=O)[nH]3)CCC2=O)cc1. The number of hydrogen-bond acceptors (Lipinski definition) is 5. The van der Waals surface area contributed by atoms with E-state index in [0.717, 1.165) is 17.7 Å². The van der Waals surface area contributed by atoms with Crippen LogP contribution in [0.1, 0.15) is 24.2 Å². The van der Waals surface area contributed by atoms with Crippen molar-refractivity contribution in [2.75, 3.05) is 20.2 Å². The number of methoxy groups -OCH3 is 1. The van der Waals surface area contributed by atoms with E-state index in [4.69, 9.17) is 4.74 Å². The van der Waals surface area contributed by atoms with E-state index in [2.05, 4.69) is 20.5 Å². The van der Waals surface area contributed by atoms with Crippen LogP contribution in [-0.2, 0) is 22.6 Å². The first kappa shape index (κ1) is 18.7. The van der Waals surface area contributed by atoms with E-state index in [0.29, 0.717) is 31.8 Å². The number of benzene rings is 1.